The summed E-state index contributed by atoms with van der Waals surface area (Å²) in [6.07, 6.45) is 1.55. The van der Waals surface area contributed by atoms with Crippen molar-refractivity contribution in [3.8, 4) is 0 Å². The summed E-state index contributed by atoms with van der Waals surface area (Å²) >= 11 is 1.54. The number of furan rings is 1. The minimum absolute atomic E-state index is 0.271. The van der Waals surface area contributed by atoms with Gasteiger partial charge in [-0.1, -0.05) is 18.2 Å². The van der Waals surface area contributed by atoms with Crippen LogP contribution >= 0.6 is 11.3 Å². The molecule has 1 aromatic carbocycles. The Kier molecular flexibility index (Phi) is 4.60. The molecule has 2 aromatic heterocycles. The van der Waals surface area contributed by atoms with Crippen LogP contribution in [-0.2, 0) is 17.9 Å². The van der Waals surface area contributed by atoms with Gasteiger partial charge in [0, 0.05) is 4.88 Å². The van der Waals surface area contributed by atoms with Gasteiger partial charge in [-0.25, -0.2) is 0 Å². The SMILES string of the molecule is O=C(CN1C(=O)c2ccccc2C1=O)N(Cc1ccco1)Cc1cccs1. The van der Waals surface area contributed by atoms with Crippen LogP contribution in [0.25, 0.3) is 0 Å². The van der Waals surface area contributed by atoms with Crippen LogP contribution in [0.4, 0.5) is 0 Å². The summed E-state index contributed by atoms with van der Waals surface area (Å²) in [4.78, 5) is 41.6. The number of carbonyl (C=O) groups is 3. The Hall–Kier alpha value is -3.19. The third-order valence-corrected chi connectivity index (χ3v) is 5.24. The number of amides is 3. The Labute approximate surface area is 159 Å². The minimum Gasteiger partial charge on any atom is -0.467 e. The van der Waals surface area contributed by atoms with Gasteiger partial charge in [0.2, 0.25) is 5.91 Å². The maximum Gasteiger partial charge on any atom is 0.262 e. The van der Waals surface area contributed by atoms with Crippen molar-refractivity contribution in [2.75, 3.05) is 6.54 Å². The van der Waals surface area contributed by atoms with E-state index in [0.717, 1.165) is 9.78 Å². The molecule has 3 heterocycles. The van der Waals surface area contributed by atoms with E-state index in [1.807, 2.05) is 17.5 Å². The molecule has 136 valence electrons. The van der Waals surface area contributed by atoms with Crippen molar-refractivity contribution in [3.63, 3.8) is 0 Å². The second-order valence-electron chi connectivity index (χ2n) is 6.15. The van der Waals surface area contributed by atoms with Crippen LogP contribution in [0.15, 0.2) is 64.6 Å². The lowest BCUT2D eigenvalue weighted by Crippen LogP contribution is -2.42. The minimum atomic E-state index is -0.432. The molecule has 0 aliphatic carbocycles. The first-order chi connectivity index (χ1) is 13.1. The zero-order valence-electron chi connectivity index (χ0n) is 14.3. The highest BCUT2D eigenvalue weighted by Crippen LogP contribution is 2.23. The van der Waals surface area contributed by atoms with Gasteiger partial charge in [-0.15, -0.1) is 11.3 Å². The molecule has 0 atom stereocenters. The van der Waals surface area contributed by atoms with E-state index in [1.54, 1.807) is 58.9 Å². The van der Waals surface area contributed by atoms with Crippen molar-refractivity contribution in [3.05, 3.63) is 81.9 Å². The molecule has 3 amide bonds. The van der Waals surface area contributed by atoms with Gasteiger partial charge in [-0.05, 0) is 35.7 Å². The van der Waals surface area contributed by atoms with Gasteiger partial charge in [-0.3, -0.25) is 19.3 Å². The molecule has 0 radical (unpaired) electrons. The van der Waals surface area contributed by atoms with Crippen LogP contribution in [0.3, 0.4) is 0 Å². The Bertz CT molecular complexity index is 908. The predicted molar refractivity (Wildman–Crippen MR) is 99.1 cm³/mol. The summed E-state index contributed by atoms with van der Waals surface area (Å²) in [5.41, 5.74) is 0.678. The molecule has 0 fully saturated rings. The van der Waals surface area contributed by atoms with Gasteiger partial charge in [0.25, 0.3) is 11.8 Å². The van der Waals surface area contributed by atoms with E-state index in [0.29, 0.717) is 23.4 Å². The topological polar surface area (TPSA) is 70.8 Å². The molecular formula is C20H16N2O4S. The van der Waals surface area contributed by atoms with Crippen LogP contribution in [0.5, 0.6) is 0 Å². The molecule has 0 bridgehead atoms. The van der Waals surface area contributed by atoms with Gasteiger partial charge in [0.15, 0.2) is 0 Å². The molecule has 0 N–H and O–H groups in total. The average molecular weight is 380 g/mol. The third-order valence-electron chi connectivity index (χ3n) is 4.38. The fourth-order valence-corrected chi connectivity index (χ4v) is 3.75. The average Bonchev–Trinajstić information content (AvgIpc) is 3.41. The van der Waals surface area contributed by atoms with Crippen molar-refractivity contribution >= 4 is 29.1 Å². The second-order valence-corrected chi connectivity index (χ2v) is 7.18. The molecule has 1 aliphatic heterocycles. The molecule has 7 heteroatoms. The first kappa shape index (κ1) is 17.2. The molecule has 0 saturated heterocycles. The molecule has 0 unspecified atom stereocenters. The standard InChI is InChI=1S/C20H16N2O4S/c23-18(13-22-19(24)16-7-1-2-8-17(16)20(22)25)21(11-14-5-3-9-26-14)12-15-6-4-10-27-15/h1-10H,11-13H2. The quantitative estimate of drug-likeness (QED) is 0.616. The summed E-state index contributed by atoms with van der Waals surface area (Å²) in [6.45, 7) is 0.367. The number of imide groups is 1. The molecule has 3 aromatic rings. The van der Waals surface area contributed by atoms with E-state index in [2.05, 4.69) is 0 Å². The van der Waals surface area contributed by atoms with Gasteiger partial charge in [0.1, 0.15) is 12.3 Å². The number of carbonyl (C=O) groups excluding carboxylic acids is 3. The number of benzene rings is 1. The lowest BCUT2D eigenvalue weighted by atomic mass is 10.1. The fraction of sp³-hybridized carbons (Fsp3) is 0.150. The summed E-state index contributed by atoms with van der Waals surface area (Å²) in [5.74, 6) is -0.535. The van der Waals surface area contributed by atoms with E-state index < -0.39 is 11.8 Å². The summed E-state index contributed by atoms with van der Waals surface area (Å²) < 4.78 is 5.36. The lowest BCUT2D eigenvalue weighted by Gasteiger charge is -2.23. The van der Waals surface area contributed by atoms with Crippen molar-refractivity contribution in [1.29, 1.82) is 0 Å². The summed E-state index contributed by atoms with van der Waals surface area (Å²) in [7, 11) is 0. The fourth-order valence-electron chi connectivity index (χ4n) is 3.03. The monoisotopic (exact) mass is 380 g/mol. The van der Waals surface area contributed by atoms with Crippen LogP contribution in [0, 0.1) is 0 Å². The Balaban J connectivity index is 1.53. The van der Waals surface area contributed by atoms with E-state index in [1.165, 1.54) is 0 Å². The lowest BCUT2D eigenvalue weighted by molar-refractivity contribution is -0.133. The molecule has 0 spiro atoms. The van der Waals surface area contributed by atoms with Gasteiger partial charge in [0.05, 0.1) is 30.5 Å². The van der Waals surface area contributed by atoms with Crippen LogP contribution in [0.2, 0.25) is 0 Å². The zero-order valence-corrected chi connectivity index (χ0v) is 15.1. The largest absolute Gasteiger partial charge is 0.467 e. The number of fused-ring (bicyclic) bond motifs is 1. The van der Waals surface area contributed by atoms with Crippen molar-refractivity contribution in [1.82, 2.24) is 9.80 Å². The molecule has 6 nitrogen and oxygen atoms in total. The summed E-state index contributed by atoms with van der Waals surface area (Å²) in [5, 5.41) is 1.94. The number of hydrogen-bond donors (Lipinski definition) is 0. The highest BCUT2D eigenvalue weighted by Gasteiger charge is 2.37. The number of nitrogens with zero attached hydrogens (tertiary/aromatic N) is 2. The van der Waals surface area contributed by atoms with Crippen molar-refractivity contribution in [2.45, 2.75) is 13.1 Å². The van der Waals surface area contributed by atoms with Crippen LogP contribution in [-0.4, -0.2) is 34.1 Å². The summed E-state index contributed by atoms with van der Waals surface area (Å²) in [6, 6.07) is 14.0. The molecule has 0 saturated carbocycles. The van der Waals surface area contributed by atoms with Crippen LogP contribution in [0.1, 0.15) is 31.4 Å². The Morgan fingerprint density at radius 1 is 0.963 bits per heavy atom. The maximum absolute atomic E-state index is 12.9. The van der Waals surface area contributed by atoms with E-state index >= 15 is 0 Å². The maximum atomic E-state index is 12.9. The molecule has 1 aliphatic rings. The number of rotatable bonds is 6. The third kappa shape index (κ3) is 3.41. The number of hydrogen-bond acceptors (Lipinski definition) is 5. The predicted octanol–water partition coefficient (Wildman–Crippen LogP) is 3.17. The molecule has 4 rings (SSSR count). The Morgan fingerprint density at radius 2 is 1.70 bits per heavy atom. The molecule has 27 heavy (non-hydrogen) atoms. The van der Waals surface area contributed by atoms with E-state index in [9.17, 15) is 14.4 Å². The zero-order chi connectivity index (χ0) is 18.8. The Morgan fingerprint density at radius 3 is 2.30 bits per heavy atom. The van der Waals surface area contributed by atoms with E-state index in [-0.39, 0.29) is 19.0 Å². The van der Waals surface area contributed by atoms with Crippen molar-refractivity contribution < 1.29 is 18.8 Å². The smallest absolute Gasteiger partial charge is 0.262 e. The number of thiophene rings is 1. The van der Waals surface area contributed by atoms with Gasteiger partial charge < -0.3 is 9.32 Å². The van der Waals surface area contributed by atoms with Gasteiger partial charge in [-0.2, -0.15) is 0 Å². The first-order valence-electron chi connectivity index (χ1n) is 8.41. The normalized spacial score (nSPS) is 13.1. The second kappa shape index (κ2) is 7.20. The molecular weight excluding hydrogens is 364 g/mol. The first-order valence-corrected chi connectivity index (χ1v) is 9.29. The van der Waals surface area contributed by atoms with E-state index in [4.69, 9.17) is 4.42 Å². The highest BCUT2D eigenvalue weighted by atomic mass is 32.1. The van der Waals surface area contributed by atoms with Gasteiger partial charge >= 0.3 is 0 Å². The van der Waals surface area contributed by atoms with Crippen molar-refractivity contribution in [2.24, 2.45) is 0 Å². The highest BCUT2D eigenvalue weighted by molar-refractivity contribution is 7.09. The van der Waals surface area contributed by atoms with Crippen LogP contribution < -0.4 is 0 Å².